The third-order valence-electron chi connectivity index (χ3n) is 6.18. The van der Waals surface area contributed by atoms with Gasteiger partial charge in [-0.1, -0.05) is 20.8 Å². The summed E-state index contributed by atoms with van der Waals surface area (Å²) in [6.45, 7) is 12.3. The van der Waals surface area contributed by atoms with Crippen LogP contribution < -0.4 is 10.6 Å². The third kappa shape index (κ3) is 5.14. The van der Waals surface area contributed by atoms with Crippen molar-refractivity contribution in [3.05, 3.63) is 24.2 Å². The minimum Gasteiger partial charge on any atom is -0.390 e. The summed E-state index contributed by atoms with van der Waals surface area (Å²) in [7, 11) is 0. The van der Waals surface area contributed by atoms with Gasteiger partial charge in [0.2, 0.25) is 5.95 Å². The minimum atomic E-state index is -1.12. The number of rotatable bonds is 6. The molecule has 34 heavy (non-hydrogen) atoms. The molecule has 0 spiro atoms. The molecule has 1 aliphatic rings. The Kier molecular flexibility index (Phi) is 6.54. The molecule has 1 unspecified atom stereocenters. The van der Waals surface area contributed by atoms with Gasteiger partial charge in [0.15, 0.2) is 0 Å². The van der Waals surface area contributed by atoms with Crippen molar-refractivity contribution in [2.45, 2.75) is 71.8 Å². The van der Waals surface area contributed by atoms with Gasteiger partial charge >= 0.3 is 0 Å². The van der Waals surface area contributed by atoms with Crippen LogP contribution in [0.1, 0.15) is 46.7 Å². The number of aliphatic hydroxyl groups excluding tert-OH is 2. The summed E-state index contributed by atoms with van der Waals surface area (Å²) in [6, 6.07) is 1.43. The summed E-state index contributed by atoms with van der Waals surface area (Å²) < 4.78 is 1.00. The monoisotopic (exact) mass is 486 g/mol. The van der Waals surface area contributed by atoms with Crippen LogP contribution in [-0.4, -0.2) is 65.7 Å². The SMILES string of the molecule is Cc1nc(NCC(C)(C)C)nc(NC2C[C@H](C(C)(C)O)[C@@H](O)[C@H]2O)c1-c1nc2cnccc2s1. The van der Waals surface area contributed by atoms with Gasteiger partial charge in [0.1, 0.15) is 22.4 Å². The zero-order chi connectivity index (χ0) is 24.8. The van der Waals surface area contributed by atoms with Crippen LogP contribution in [-0.2, 0) is 0 Å². The number of hydrogen-bond acceptors (Lipinski definition) is 10. The predicted molar refractivity (Wildman–Crippen MR) is 135 cm³/mol. The minimum absolute atomic E-state index is 0.0370. The largest absolute Gasteiger partial charge is 0.390 e. The highest BCUT2D eigenvalue weighted by Gasteiger charge is 2.48. The van der Waals surface area contributed by atoms with Gasteiger partial charge in [-0.2, -0.15) is 4.98 Å². The highest BCUT2D eigenvalue weighted by atomic mass is 32.1. The summed E-state index contributed by atoms with van der Waals surface area (Å²) in [5.74, 6) is 0.537. The molecular formula is C24H34N6O3S. The van der Waals surface area contributed by atoms with Crippen LogP contribution in [0.2, 0.25) is 0 Å². The van der Waals surface area contributed by atoms with E-state index in [-0.39, 0.29) is 5.41 Å². The molecule has 4 rings (SSSR count). The maximum Gasteiger partial charge on any atom is 0.224 e. The van der Waals surface area contributed by atoms with E-state index in [2.05, 4.69) is 41.4 Å². The Morgan fingerprint density at radius 2 is 1.82 bits per heavy atom. The molecule has 3 heterocycles. The average Bonchev–Trinajstić information content (AvgIpc) is 3.27. The molecule has 9 nitrogen and oxygen atoms in total. The van der Waals surface area contributed by atoms with E-state index in [1.54, 1.807) is 26.2 Å². The molecule has 1 fully saturated rings. The first kappa shape index (κ1) is 24.7. The van der Waals surface area contributed by atoms with E-state index >= 15 is 0 Å². The number of aryl methyl sites for hydroxylation is 1. The first-order valence-electron chi connectivity index (χ1n) is 11.5. The fourth-order valence-corrected chi connectivity index (χ4v) is 5.33. The molecule has 0 aliphatic heterocycles. The lowest BCUT2D eigenvalue weighted by Gasteiger charge is -2.28. The Hall–Kier alpha value is -2.40. The topological polar surface area (TPSA) is 136 Å². The lowest BCUT2D eigenvalue weighted by atomic mass is 9.88. The highest BCUT2D eigenvalue weighted by molar-refractivity contribution is 7.21. The Morgan fingerprint density at radius 1 is 1.09 bits per heavy atom. The molecule has 10 heteroatoms. The molecule has 4 atom stereocenters. The number of pyridine rings is 1. The van der Waals surface area contributed by atoms with Crippen LogP contribution in [0.25, 0.3) is 20.8 Å². The van der Waals surface area contributed by atoms with Gasteiger partial charge in [-0.3, -0.25) is 4.98 Å². The van der Waals surface area contributed by atoms with Gasteiger partial charge < -0.3 is 26.0 Å². The molecule has 3 aromatic rings. The van der Waals surface area contributed by atoms with Crippen molar-refractivity contribution >= 4 is 33.3 Å². The van der Waals surface area contributed by atoms with E-state index in [0.29, 0.717) is 24.7 Å². The van der Waals surface area contributed by atoms with Crippen LogP contribution >= 0.6 is 11.3 Å². The van der Waals surface area contributed by atoms with E-state index in [4.69, 9.17) is 9.97 Å². The fourth-order valence-electron chi connectivity index (χ4n) is 4.30. The summed E-state index contributed by atoms with van der Waals surface area (Å²) in [6.07, 6.45) is 1.76. The van der Waals surface area contributed by atoms with Gasteiger partial charge in [-0.25, -0.2) is 9.97 Å². The number of aliphatic hydroxyl groups is 3. The first-order valence-corrected chi connectivity index (χ1v) is 12.3. The maximum atomic E-state index is 10.8. The molecule has 0 amide bonds. The summed E-state index contributed by atoms with van der Waals surface area (Å²) in [5, 5.41) is 39.3. The van der Waals surface area contributed by atoms with Gasteiger partial charge in [-0.05, 0) is 38.7 Å². The predicted octanol–water partition coefficient (Wildman–Crippen LogP) is 3.21. The smallest absolute Gasteiger partial charge is 0.224 e. The highest BCUT2D eigenvalue weighted by Crippen LogP contribution is 2.40. The van der Waals surface area contributed by atoms with Crippen LogP contribution in [0, 0.1) is 18.3 Å². The lowest BCUT2D eigenvalue weighted by Crippen LogP contribution is -2.40. The lowest BCUT2D eigenvalue weighted by molar-refractivity contribution is -0.0601. The normalized spacial score (nSPS) is 23.4. The first-order chi connectivity index (χ1) is 15.8. The van der Waals surface area contributed by atoms with Crippen molar-refractivity contribution in [2.75, 3.05) is 17.2 Å². The summed E-state index contributed by atoms with van der Waals surface area (Å²) in [5.41, 5.74) is 1.20. The number of nitrogens with one attached hydrogen (secondary N) is 2. The zero-order valence-electron chi connectivity index (χ0n) is 20.5. The molecule has 0 aromatic carbocycles. The average molecular weight is 487 g/mol. The van der Waals surface area contributed by atoms with Crippen LogP contribution in [0.3, 0.4) is 0 Å². The van der Waals surface area contributed by atoms with Crippen molar-refractivity contribution in [3.8, 4) is 10.6 Å². The van der Waals surface area contributed by atoms with Gasteiger partial charge in [0, 0.05) is 18.7 Å². The van der Waals surface area contributed by atoms with Gasteiger partial charge in [0.25, 0.3) is 0 Å². The number of aromatic nitrogens is 4. The van der Waals surface area contributed by atoms with Crippen molar-refractivity contribution in [1.82, 2.24) is 19.9 Å². The molecular weight excluding hydrogens is 452 g/mol. The molecule has 184 valence electrons. The quantitative estimate of drug-likeness (QED) is 0.356. The van der Waals surface area contributed by atoms with E-state index < -0.39 is 29.8 Å². The Labute approximate surface area is 203 Å². The molecule has 1 saturated carbocycles. The molecule has 1 aliphatic carbocycles. The van der Waals surface area contributed by atoms with Crippen molar-refractivity contribution in [1.29, 1.82) is 0 Å². The molecule has 5 N–H and O–H groups in total. The van der Waals surface area contributed by atoms with Crippen molar-refractivity contribution in [3.63, 3.8) is 0 Å². The van der Waals surface area contributed by atoms with Crippen LogP contribution in [0.4, 0.5) is 11.8 Å². The number of hydrogen-bond donors (Lipinski definition) is 5. The molecule has 0 saturated heterocycles. The molecule has 0 radical (unpaired) electrons. The number of fused-ring (bicyclic) bond motifs is 1. The Bertz CT molecular complexity index is 1140. The zero-order valence-corrected chi connectivity index (χ0v) is 21.3. The van der Waals surface area contributed by atoms with Crippen molar-refractivity contribution < 1.29 is 15.3 Å². The standard InChI is InChI=1S/C24H34N6O3S/c1-12-17(21-29-15-10-25-8-7-16(15)34-21)20(30-22(27-12)26-11-23(2,3)4)28-14-9-13(24(5,6)33)18(31)19(14)32/h7-8,10,13-14,18-19,31-33H,9,11H2,1-6H3,(H2,26,27,28,30)/t13-,14?,18+,19-/m0/s1. The second kappa shape index (κ2) is 8.99. The second-order valence-electron chi connectivity index (χ2n) is 10.9. The number of anilines is 2. The van der Waals surface area contributed by atoms with Gasteiger partial charge in [-0.15, -0.1) is 11.3 Å². The Morgan fingerprint density at radius 3 is 2.44 bits per heavy atom. The third-order valence-corrected chi connectivity index (χ3v) is 7.24. The van der Waals surface area contributed by atoms with E-state index in [1.165, 1.54) is 11.3 Å². The Balaban J connectivity index is 1.74. The summed E-state index contributed by atoms with van der Waals surface area (Å²) >= 11 is 1.52. The van der Waals surface area contributed by atoms with E-state index in [9.17, 15) is 15.3 Å². The van der Waals surface area contributed by atoms with E-state index in [1.807, 2.05) is 13.0 Å². The van der Waals surface area contributed by atoms with E-state index in [0.717, 1.165) is 26.5 Å². The summed E-state index contributed by atoms with van der Waals surface area (Å²) in [4.78, 5) is 18.3. The number of nitrogens with zero attached hydrogens (tertiary/aromatic N) is 4. The fraction of sp³-hybridized carbons (Fsp3) is 0.583. The molecule has 0 bridgehead atoms. The van der Waals surface area contributed by atoms with Crippen LogP contribution in [0.5, 0.6) is 0 Å². The van der Waals surface area contributed by atoms with Crippen LogP contribution in [0.15, 0.2) is 18.5 Å². The number of thiazole rings is 1. The van der Waals surface area contributed by atoms with Gasteiger partial charge in [0.05, 0.1) is 39.9 Å². The second-order valence-corrected chi connectivity index (χ2v) is 11.9. The maximum absolute atomic E-state index is 10.8. The molecule has 3 aromatic heterocycles. The van der Waals surface area contributed by atoms with Crippen molar-refractivity contribution in [2.24, 2.45) is 11.3 Å².